The molecule has 26 heavy (non-hydrogen) atoms. The quantitative estimate of drug-likeness (QED) is 0.544. The summed E-state index contributed by atoms with van der Waals surface area (Å²) >= 11 is 0. The van der Waals surface area contributed by atoms with E-state index in [4.69, 9.17) is 8.92 Å². The molecule has 0 heterocycles. The third-order valence-corrected chi connectivity index (χ3v) is 5.99. The maximum atomic E-state index is 12.2. The number of carbonyl (C=O) groups is 1. The van der Waals surface area contributed by atoms with Gasteiger partial charge in [0.15, 0.2) is 0 Å². The van der Waals surface area contributed by atoms with Gasteiger partial charge in [-0.05, 0) is 77.8 Å². The van der Waals surface area contributed by atoms with Gasteiger partial charge in [0.25, 0.3) is 10.1 Å². The molecule has 0 unspecified atom stereocenters. The molecule has 5 nitrogen and oxygen atoms in total. The number of benzene rings is 1. The molecule has 0 saturated heterocycles. The van der Waals surface area contributed by atoms with Gasteiger partial charge >= 0.3 is 5.97 Å². The average Bonchev–Trinajstić information content (AvgIpc) is 2.54. The Kier molecular flexibility index (Phi) is 6.86. The fourth-order valence-electron chi connectivity index (χ4n) is 3.17. The van der Waals surface area contributed by atoms with Gasteiger partial charge in [0.05, 0.1) is 17.4 Å². The van der Waals surface area contributed by atoms with E-state index in [0.717, 1.165) is 31.2 Å². The van der Waals surface area contributed by atoms with E-state index in [1.807, 2.05) is 27.7 Å². The fraction of sp³-hybridized carbons (Fsp3) is 0.650. The van der Waals surface area contributed by atoms with Gasteiger partial charge in [-0.3, -0.25) is 8.98 Å². The number of carbonyl (C=O) groups excluding carboxylic acids is 1. The Morgan fingerprint density at radius 3 is 2.19 bits per heavy atom. The van der Waals surface area contributed by atoms with E-state index in [2.05, 4.69) is 0 Å². The van der Waals surface area contributed by atoms with E-state index in [9.17, 15) is 13.2 Å². The van der Waals surface area contributed by atoms with Gasteiger partial charge in [-0.2, -0.15) is 8.42 Å². The molecule has 1 aromatic carbocycles. The Morgan fingerprint density at radius 2 is 1.65 bits per heavy atom. The second-order valence-corrected chi connectivity index (χ2v) is 9.74. The maximum absolute atomic E-state index is 12.2. The minimum atomic E-state index is -3.70. The second kappa shape index (κ2) is 8.53. The molecular formula is C20H30O5S. The van der Waals surface area contributed by atoms with E-state index in [1.54, 1.807) is 24.3 Å². The third-order valence-electron chi connectivity index (χ3n) is 4.66. The van der Waals surface area contributed by atoms with Crippen molar-refractivity contribution in [1.82, 2.24) is 0 Å². The van der Waals surface area contributed by atoms with Gasteiger partial charge in [-0.1, -0.05) is 17.7 Å². The molecule has 1 aliphatic rings. The molecule has 0 aliphatic heterocycles. The van der Waals surface area contributed by atoms with Crippen LogP contribution in [-0.4, -0.2) is 26.6 Å². The molecule has 0 radical (unpaired) electrons. The summed E-state index contributed by atoms with van der Waals surface area (Å²) in [6.45, 7) is 7.72. The van der Waals surface area contributed by atoms with Gasteiger partial charge in [0, 0.05) is 0 Å². The zero-order chi connectivity index (χ0) is 19.4. The lowest BCUT2D eigenvalue weighted by Crippen LogP contribution is -2.31. The van der Waals surface area contributed by atoms with Crippen molar-refractivity contribution < 1.29 is 22.1 Å². The summed E-state index contributed by atoms with van der Waals surface area (Å²) in [4.78, 5) is 12.3. The molecule has 2 rings (SSSR count). The maximum Gasteiger partial charge on any atom is 0.309 e. The standard InChI is InChI=1S/C20H30O5S/c1-15-5-11-18(12-6-15)26(22,23)24-14-13-16-7-9-17(10-8-16)19(21)25-20(2,3)4/h5-6,11-12,16-17H,7-10,13-14H2,1-4H3. The van der Waals surface area contributed by atoms with Crippen LogP contribution in [0, 0.1) is 18.8 Å². The van der Waals surface area contributed by atoms with Gasteiger partial charge < -0.3 is 4.74 Å². The number of esters is 1. The topological polar surface area (TPSA) is 69.7 Å². The predicted molar refractivity (Wildman–Crippen MR) is 100 cm³/mol. The van der Waals surface area contributed by atoms with Crippen LogP contribution in [0.3, 0.4) is 0 Å². The van der Waals surface area contributed by atoms with Crippen molar-refractivity contribution in [3.63, 3.8) is 0 Å². The van der Waals surface area contributed by atoms with E-state index in [-0.39, 0.29) is 23.4 Å². The van der Waals surface area contributed by atoms with Crippen molar-refractivity contribution in [3.05, 3.63) is 29.8 Å². The van der Waals surface area contributed by atoms with Crippen LogP contribution in [0.1, 0.15) is 58.4 Å². The van der Waals surface area contributed by atoms with E-state index in [1.165, 1.54) is 0 Å². The summed E-state index contributed by atoms with van der Waals surface area (Å²) in [5.41, 5.74) is 0.553. The van der Waals surface area contributed by atoms with Crippen LogP contribution in [-0.2, 0) is 23.8 Å². The van der Waals surface area contributed by atoms with Crippen LogP contribution in [0.15, 0.2) is 29.2 Å². The molecule has 0 amide bonds. The lowest BCUT2D eigenvalue weighted by atomic mass is 9.80. The number of hydrogen-bond acceptors (Lipinski definition) is 5. The van der Waals surface area contributed by atoms with Gasteiger partial charge in [-0.25, -0.2) is 0 Å². The highest BCUT2D eigenvalue weighted by Crippen LogP contribution is 2.32. The van der Waals surface area contributed by atoms with Crippen molar-refractivity contribution in [1.29, 1.82) is 0 Å². The lowest BCUT2D eigenvalue weighted by molar-refractivity contribution is -0.161. The Morgan fingerprint density at radius 1 is 1.08 bits per heavy atom. The largest absolute Gasteiger partial charge is 0.460 e. The van der Waals surface area contributed by atoms with Gasteiger partial charge in [0.1, 0.15) is 5.60 Å². The third kappa shape index (κ3) is 6.40. The van der Waals surface area contributed by atoms with Crippen LogP contribution in [0.4, 0.5) is 0 Å². The van der Waals surface area contributed by atoms with E-state index < -0.39 is 15.7 Å². The zero-order valence-corrected chi connectivity index (χ0v) is 17.0. The highest BCUT2D eigenvalue weighted by atomic mass is 32.2. The molecular weight excluding hydrogens is 352 g/mol. The Bertz CT molecular complexity index is 693. The smallest absolute Gasteiger partial charge is 0.309 e. The van der Waals surface area contributed by atoms with Crippen LogP contribution in [0.5, 0.6) is 0 Å². The molecule has 1 fully saturated rings. The minimum Gasteiger partial charge on any atom is -0.460 e. The summed E-state index contributed by atoms with van der Waals surface area (Å²) in [5, 5.41) is 0. The first-order chi connectivity index (χ1) is 12.1. The zero-order valence-electron chi connectivity index (χ0n) is 16.2. The number of ether oxygens (including phenoxy) is 1. The number of rotatable bonds is 6. The monoisotopic (exact) mass is 382 g/mol. The van der Waals surface area contributed by atoms with E-state index in [0.29, 0.717) is 12.3 Å². The molecule has 0 bridgehead atoms. The van der Waals surface area contributed by atoms with Crippen molar-refractivity contribution in [2.24, 2.45) is 11.8 Å². The summed E-state index contributed by atoms with van der Waals surface area (Å²) in [5.74, 6) is 0.235. The van der Waals surface area contributed by atoms with Crippen LogP contribution in [0.2, 0.25) is 0 Å². The number of aryl methyl sites for hydroxylation is 1. The fourth-order valence-corrected chi connectivity index (χ4v) is 4.09. The summed E-state index contributed by atoms with van der Waals surface area (Å²) in [6, 6.07) is 6.65. The summed E-state index contributed by atoms with van der Waals surface area (Å²) in [7, 11) is -3.70. The first kappa shape index (κ1) is 20.9. The number of hydrogen-bond donors (Lipinski definition) is 0. The summed E-state index contributed by atoms with van der Waals surface area (Å²) in [6.07, 6.45) is 4.08. The summed E-state index contributed by atoms with van der Waals surface area (Å²) < 4.78 is 35.0. The highest BCUT2D eigenvalue weighted by molar-refractivity contribution is 7.86. The Labute approximate surface area is 157 Å². The minimum absolute atomic E-state index is 0.0392. The first-order valence-corrected chi connectivity index (χ1v) is 10.7. The van der Waals surface area contributed by atoms with Crippen molar-refractivity contribution in [3.8, 4) is 0 Å². The highest BCUT2D eigenvalue weighted by Gasteiger charge is 2.30. The normalized spacial score (nSPS) is 21.4. The molecule has 1 aliphatic carbocycles. The molecule has 0 aromatic heterocycles. The Balaban J connectivity index is 1.75. The van der Waals surface area contributed by atoms with Gasteiger partial charge in [-0.15, -0.1) is 0 Å². The van der Waals surface area contributed by atoms with Crippen molar-refractivity contribution in [2.45, 2.75) is 70.3 Å². The molecule has 0 spiro atoms. The lowest BCUT2D eigenvalue weighted by Gasteiger charge is -2.29. The second-order valence-electron chi connectivity index (χ2n) is 8.13. The van der Waals surface area contributed by atoms with E-state index >= 15 is 0 Å². The van der Waals surface area contributed by atoms with Crippen molar-refractivity contribution in [2.75, 3.05) is 6.61 Å². The molecule has 6 heteroatoms. The molecule has 1 aromatic rings. The van der Waals surface area contributed by atoms with Crippen LogP contribution in [0.25, 0.3) is 0 Å². The van der Waals surface area contributed by atoms with Gasteiger partial charge in [0.2, 0.25) is 0 Å². The predicted octanol–water partition coefficient (Wildman–Crippen LogP) is 4.24. The molecule has 1 saturated carbocycles. The molecule has 0 atom stereocenters. The van der Waals surface area contributed by atoms with Crippen molar-refractivity contribution >= 4 is 16.1 Å². The SMILES string of the molecule is Cc1ccc(S(=O)(=O)OCCC2CCC(C(=O)OC(C)(C)C)CC2)cc1. The van der Waals surface area contributed by atoms with Crippen LogP contribution < -0.4 is 0 Å². The Hall–Kier alpha value is -1.40. The first-order valence-electron chi connectivity index (χ1n) is 9.26. The van der Waals surface area contributed by atoms with Crippen LogP contribution >= 0.6 is 0 Å². The molecule has 0 N–H and O–H groups in total. The molecule has 146 valence electrons. The average molecular weight is 383 g/mol.